The Balaban J connectivity index is 1.95. The van der Waals surface area contributed by atoms with E-state index in [4.69, 9.17) is 4.74 Å². The van der Waals surface area contributed by atoms with E-state index < -0.39 is 0 Å². The molecule has 1 aromatic rings. The largest absolute Gasteiger partial charge is 0.375 e. The Bertz CT molecular complexity index is 300. The molecule has 0 bridgehead atoms. The van der Waals surface area contributed by atoms with Gasteiger partial charge in [-0.05, 0) is 12.1 Å². The summed E-state index contributed by atoms with van der Waals surface area (Å²) < 4.78 is 6.68. The lowest BCUT2D eigenvalue weighted by Gasteiger charge is -2.23. The van der Waals surface area contributed by atoms with Crippen LogP contribution < -0.4 is 5.32 Å². The van der Waals surface area contributed by atoms with Crippen molar-refractivity contribution in [2.24, 2.45) is 0 Å². The molecule has 0 saturated carbocycles. The summed E-state index contributed by atoms with van der Waals surface area (Å²) in [5.74, 6) is 0. The summed E-state index contributed by atoms with van der Waals surface area (Å²) in [5, 5.41) is 3.31. The highest BCUT2D eigenvalue weighted by atomic mass is 79.9. The van der Waals surface area contributed by atoms with Gasteiger partial charge in [0.1, 0.15) is 0 Å². The molecule has 2 rings (SSSR count). The lowest BCUT2D eigenvalue weighted by atomic mass is 10.1. The Morgan fingerprint density at radius 3 is 3.29 bits per heavy atom. The average molecular weight is 257 g/mol. The predicted molar refractivity (Wildman–Crippen MR) is 58.3 cm³/mol. The van der Waals surface area contributed by atoms with Crippen molar-refractivity contribution >= 4 is 15.9 Å². The molecule has 2 heterocycles. The van der Waals surface area contributed by atoms with Gasteiger partial charge in [0.25, 0.3) is 0 Å². The first-order valence-corrected chi connectivity index (χ1v) is 5.56. The predicted octanol–water partition coefficient (Wildman–Crippen LogP) is 1.37. The second-order valence-electron chi connectivity index (χ2n) is 3.37. The maximum absolute atomic E-state index is 5.60. The van der Waals surface area contributed by atoms with Crippen LogP contribution in [0.5, 0.6) is 0 Å². The molecule has 0 spiro atoms. The fourth-order valence-electron chi connectivity index (χ4n) is 1.54. The van der Waals surface area contributed by atoms with E-state index in [2.05, 4.69) is 26.2 Å². The summed E-state index contributed by atoms with van der Waals surface area (Å²) >= 11 is 3.43. The van der Waals surface area contributed by atoms with Gasteiger partial charge in [-0.1, -0.05) is 15.9 Å². The number of pyridine rings is 1. The van der Waals surface area contributed by atoms with Crippen LogP contribution in [0.15, 0.2) is 22.8 Å². The Labute approximate surface area is 92.0 Å². The van der Waals surface area contributed by atoms with E-state index in [9.17, 15) is 0 Å². The zero-order valence-corrected chi connectivity index (χ0v) is 9.46. The van der Waals surface area contributed by atoms with E-state index in [1.807, 2.05) is 18.3 Å². The number of ether oxygens (including phenoxy) is 1. The van der Waals surface area contributed by atoms with Crippen molar-refractivity contribution in [1.29, 1.82) is 0 Å². The van der Waals surface area contributed by atoms with Crippen LogP contribution in [-0.2, 0) is 11.2 Å². The minimum atomic E-state index is 0.269. The summed E-state index contributed by atoms with van der Waals surface area (Å²) in [6, 6.07) is 3.97. The topological polar surface area (TPSA) is 34.2 Å². The van der Waals surface area contributed by atoms with Gasteiger partial charge in [-0.15, -0.1) is 0 Å². The molecule has 0 aliphatic carbocycles. The standard InChI is InChI=1S/C10H13BrN2O/c11-8-1-2-13-9(5-8)6-10-7-12-3-4-14-10/h1-2,5,10,12H,3-4,6-7H2. The first kappa shape index (κ1) is 10.1. The summed E-state index contributed by atoms with van der Waals surface area (Å²) in [6.45, 7) is 2.69. The molecule has 1 aliphatic rings. The second-order valence-corrected chi connectivity index (χ2v) is 4.28. The lowest BCUT2D eigenvalue weighted by molar-refractivity contribution is 0.0286. The number of aromatic nitrogens is 1. The molecular weight excluding hydrogens is 244 g/mol. The van der Waals surface area contributed by atoms with E-state index in [0.717, 1.165) is 36.3 Å². The third-order valence-electron chi connectivity index (χ3n) is 2.22. The molecule has 1 N–H and O–H groups in total. The lowest BCUT2D eigenvalue weighted by Crippen LogP contribution is -2.39. The zero-order valence-electron chi connectivity index (χ0n) is 7.87. The highest BCUT2D eigenvalue weighted by molar-refractivity contribution is 9.10. The molecule has 4 heteroatoms. The molecule has 3 nitrogen and oxygen atoms in total. The number of hydrogen-bond acceptors (Lipinski definition) is 3. The molecule has 76 valence electrons. The van der Waals surface area contributed by atoms with E-state index >= 15 is 0 Å². The number of morpholine rings is 1. The van der Waals surface area contributed by atoms with E-state index in [-0.39, 0.29) is 6.10 Å². The van der Waals surface area contributed by atoms with Crippen molar-refractivity contribution in [2.45, 2.75) is 12.5 Å². The molecule has 0 aromatic carbocycles. The summed E-state index contributed by atoms with van der Waals surface area (Å²) in [7, 11) is 0. The zero-order chi connectivity index (χ0) is 9.80. The van der Waals surface area contributed by atoms with Gasteiger partial charge in [-0.3, -0.25) is 4.98 Å². The van der Waals surface area contributed by atoms with Crippen LogP contribution in [0.2, 0.25) is 0 Å². The number of nitrogens with zero attached hydrogens (tertiary/aromatic N) is 1. The van der Waals surface area contributed by atoms with Gasteiger partial charge in [0, 0.05) is 35.9 Å². The first-order valence-electron chi connectivity index (χ1n) is 4.77. The molecule has 0 radical (unpaired) electrons. The average Bonchev–Trinajstić information content (AvgIpc) is 2.19. The van der Waals surface area contributed by atoms with Gasteiger partial charge >= 0.3 is 0 Å². The molecule has 14 heavy (non-hydrogen) atoms. The van der Waals surface area contributed by atoms with Crippen LogP contribution in [0.25, 0.3) is 0 Å². The maximum Gasteiger partial charge on any atom is 0.0755 e. The molecule has 1 atom stereocenters. The first-order chi connectivity index (χ1) is 6.84. The minimum Gasteiger partial charge on any atom is -0.375 e. The minimum absolute atomic E-state index is 0.269. The SMILES string of the molecule is Brc1ccnc(CC2CNCCO2)c1. The third kappa shape index (κ3) is 2.77. The monoisotopic (exact) mass is 256 g/mol. The highest BCUT2D eigenvalue weighted by Gasteiger charge is 2.14. The number of hydrogen-bond donors (Lipinski definition) is 1. The van der Waals surface area contributed by atoms with Crippen LogP contribution >= 0.6 is 15.9 Å². The summed E-state index contributed by atoms with van der Waals surface area (Å²) in [5.41, 5.74) is 1.08. The van der Waals surface area contributed by atoms with Crippen molar-refractivity contribution in [3.8, 4) is 0 Å². The van der Waals surface area contributed by atoms with Crippen LogP contribution in [0.3, 0.4) is 0 Å². The fraction of sp³-hybridized carbons (Fsp3) is 0.500. The molecule has 1 aliphatic heterocycles. The van der Waals surface area contributed by atoms with Gasteiger partial charge in [0.15, 0.2) is 0 Å². The van der Waals surface area contributed by atoms with Gasteiger partial charge in [-0.2, -0.15) is 0 Å². The van der Waals surface area contributed by atoms with Gasteiger partial charge in [-0.25, -0.2) is 0 Å². The van der Waals surface area contributed by atoms with E-state index in [1.54, 1.807) is 0 Å². The molecule has 0 amide bonds. The Hall–Kier alpha value is -0.450. The summed E-state index contributed by atoms with van der Waals surface area (Å²) in [4.78, 5) is 4.30. The van der Waals surface area contributed by atoms with E-state index in [0.29, 0.717) is 0 Å². The van der Waals surface area contributed by atoms with Crippen molar-refractivity contribution in [3.05, 3.63) is 28.5 Å². The summed E-state index contributed by atoms with van der Waals surface area (Å²) in [6.07, 6.45) is 2.97. The normalized spacial score (nSPS) is 22.2. The van der Waals surface area contributed by atoms with Crippen molar-refractivity contribution < 1.29 is 4.74 Å². The molecule has 1 aromatic heterocycles. The Kier molecular flexibility index (Phi) is 3.50. The van der Waals surface area contributed by atoms with Crippen molar-refractivity contribution in [3.63, 3.8) is 0 Å². The maximum atomic E-state index is 5.60. The molecule has 1 saturated heterocycles. The number of nitrogens with one attached hydrogen (secondary N) is 1. The van der Waals surface area contributed by atoms with Gasteiger partial charge < -0.3 is 10.1 Å². The van der Waals surface area contributed by atoms with Crippen LogP contribution in [0.4, 0.5) is 0 Å². The van der Waals surface area contributed by atoms with Gasteiger partial charge in [0.2, 0.25) is 0 Å². The number of halogens is 1. The van der Waals surface area contributed by atoms with Crippen molar-refractivity contribution in [2.75, 3.05) is 19.7 Å². The van der Waals surface area contributed by atoms with Gasteiger partial charge in [0.05, 0.1) is 12.7 Å². The smallest absolute Gasteiger partial charge is 0.0755 e. The number of rotatable bonds is 2. The van der Waals surface area contributed by atoms with Crippen LogP contribution in [-0.4, -0.2) is 30.8 Å². The highest BCUT2D eigenvalue weighted by Crippen LogP contribution is 2.12. The second kappa shape index (κ2) is 4.87. The fourth-order valence-corrected chi connectivity index (χ4v) is 1.93. The van der Waals surface area contributed by atoms with E-state index in [1.165, 1.54) is 0 Å². The third-order valence-corrected chi connectivity index (χ3v) is 2.71. The van der Waals surface area contributed by atoms with Crippen LogP contribution in [0, 0.1) is 0 Å². The molecule has 1 unspecified atom stereocenters. The quantitative estimate of drug-likeness (QED) is 0.869. The van der Waals surface area contributed by atoms with Crippen molar-refractivity contribution in [1.82, 2.24) is 10.3 Å². The van der Waals surface area contributed by atoms with Crippen LogP contribution in [0.1, 0.15) is 5.69 Å². The molecular formula is C10H13BrN2O. The Morgan fingerprint density at radius 1 is 1.64 bits per heavy atom. The Morgan fingerprint density at radius 2 is 2.57 bits per heavy atom. The molecule has 1 fully saturated rings.